The smallest absolute Gasteiger partial charge is 0.323 e. The zero-order valence-electron chi connectivity index (χ0n) is 11.8. The minimum absolute atomic E-state index is 0.0284. The molecule has 0 fully saturated rings. The number of nitrogens with one attached hydrogen (secondary N) is 1. The molecule has 0 saturated carbocycles. The summed E-state index contributed by atoms with van der Waals surface area (Å²) in [6.45, 7) is 5.59. The minimum atomic E-state index is -0.543. The molecule has 3 nitrogen and oxygen atoms in total. The van der Waals surface area contributed by atoms with E-state index in [1.165, 1.54) is 19.2 Å². The summed E-state index contributed by atoms with van der Waals surface area (Å²) in [6, 6.07) is 1.82. The number of ether oxygens (including phenoxy) is 1. The molecule has 1 rings (SSSR count). The molecule has 1 N–H and O–H groups in total. The summed E-state index contributed by atoms with van der Waals surface area (Å²) >= 11 is 11.7. The van der Waals surface area contributed by atoms with Crippen molar-refractivity contribution < 1.29 is 13.9 Å². The van der Waals surface area contributed by atoms with Crippen molar-refractivity contribution in [3.8, 4) is 0 Å². The number of carbonyl (C=O) groups is 1. The first kappa shape index (κ1) is 17.2. The molecule has 0 spiro atoms. The quantitative estimate of drug-likeness (QED) is 0.658. The van der Waals surface area contributed by atoms with E-state index in [0.29, 0.717) is 10.6 Å². The van der Waals surface area contributed by atoms with Gasteiger partial charge in [0.2, 0.25) is 0 Å². The van der Waals surface area contributed by atoms with E-state index in [4.69, 9.17) is 27.9 Å². The lowest BCUT2D eigenvalue weighted by Crippen LogP contribution is -2.43. The van der Waals surface area contributed by atoms with Crippen LogP contribution in [0.3, 0.4) is 0 Å². The Bertz CT molecular complexity index is 494. The Kier molecular flexibility index (Phi) is 6.24. The lowest BCUT2D eigenvalue weighted by atomic mass is 10.0. The molecule has 1 unspecified atom stereocenters. The fraction of sp³-hybridized carbons (Fsp3) is 0.500. The highest BCUT2D eigenvalue weighted by atomic mass is 35.5. The van der Waals surface area contributed by atoms with Crippen LogP contribution in [0, 0.1) is 11.7 Å². The summed E-state index contributed by atoms with van der Waals surface area (Å²) in [5, 5.41) is 3.42. The van der Waals surface area contributed by atoms with Crippen LogP contribution in [0.2, 0.25) is 10.0 Å². The second kappa shape index (κ2) is 7.25. The Morgan fingerprint density at radius 2 is 1.85 bits per heavy atom. The first-order valence-corrected chi connectivity index (χ1v) is 7.01. The molecule has 1 aromatic carbocycles. The fourth-order valence-corrected chi connectivity index (χ4v) is 2.44. The largest absolute Gasteiger partial charge is 0.468 e. The first-order chi connectivity index (χ1) is 9.27. The molecule has 112 valence electrons. The van der Waals surface area contributed by atoms with Crippen molar-refractivity contribution in [2.75, 3.05) is 7.11 Å². The van der Waals surface area contributed by atoms with Gasteiger partial charge in [-0.2, -0.15) is 0 Å². The number of benzene rings is 1. The number of rotatable bonds is 5. The van der Waals surface area contributed by atoms with Gasteiger partial charge in [-0.1, -0.05) is 37.0 Å². The fourth-order valence-electron chi connectivity index (χ4n) is 1.89. The van der Waals surface area contributed by atoms with Crippen LogP contribution in [0.15, 0.2) is 12.1 Å². The predicted octanol–water partition coefficient (Wildman–Crippen LogP) is 3.98. The number of esters is 1. The summed E-state index contributed by atoms with van der Waals surface area (Å²) < 4.78 is 18.3. The van der Waals surface area contributed by atoms with Gasteiger partial charge in [0.15, 0.2) is 0 Å². The number of hydrogen-bond donors (Lipinski definition) is 1. The molecule has 20 heavy (non-hydrogen) atoms. The molecule has 0 radical (unpaired) electrons. The number of methoxy groups -OCH3 is 1. The molecular formula is C14H18Cl2FNO2. The predicted molar refractivity (Wildman–Crippen MR) is 78.6 cm³/mol. The summed E-state index contributed by atoms with van der Waals surface area (Å²) in [6.07, 6.45) is 0. The maximum atomic E-state index is 13.5. The summed E-state index contributed by atoms with van der Waals surface area (Å²) in [5.74, 6) is -0.878. The third-order valence-corrected chi connectivity index (χ3v) is 3.67. The molecule has 0 aromatic heterocycles. The molecule has 0 aliphatic rings. The van der Waals surface area contributed by atoms with Crippen LogP contribution in [0.25, 0.3) is 0 Å². The van der Waals surface area contributed by atoms with Gasteiger partial charge in [-0.15, -0.1) is 0 Å². The highest BCUT2D eigenvalue weighted by molar-refractivity contribution is 6.35. The van der Waals surface area contributed by atoms with Gasteiger partial charge in [0.05, 0.1) is 12.1 Å². The third kappa shape index (κ3) is 4.08. The van der Waals surface area contributed by atoms with E-state index in [-0.39, 0.29) is 23.0 Å². The van der Waals surface area contributed by atoms with E-state index in [2.05, 4.69) is 5.32 Å². The van der Waals surface area contributed by atoms with E-state index >= 15 is 0 Å². The Labute approximate surface area is 128 Å². The number of hydrogen-bond acceptors (Lipinski definition) is 3. The molecular weight excluding hydrogens is 304 g/mol. The van der Waals surface area contributed by atoms with Crippen molar-refractivity contribution in [2.24, 2.45) is 5.92 Å². The topological polar surface area (TPSA) is 38.3 Å². The van der Waals surface area contributed by atoms with Crippen molar-refractivity contribution in [3.63, 3.8) is 0 Å². The van der Waals surface area contributed by atoms with Crippen LogP contribution >= 0.6 is 23.2 Å². The van der Waals surface area contributed by atoms with E-state index < -0.39 is 11.9 Å². The Balaban J connectivity index is 2.97. The average molecular weight is 322 g/mol. The maximum absolute atomic E-state index is 13.5. The van der Waals surface area contributed by atoms with E-state index in [1.807, 2.05) is 13.8 Å². The Morgan fingerprint density at radius 3 is 2.35 bits per heavy atom. The zero-order chi connectivity index (χ0) is 15.4. The molecule has 2 atom stereocenters. The summed E-state index contributed by atoms with van der Waals surface area (Å²) in [5.41, 5.74) is 0.545. The minimum Gasteiger partial charge on any atom is -0.468 e. The van der Waals surface area contributed by atoms with Crippen molar-refractivity contribution in [1.29, 1.82) is 0 Å². The monoisotopic (exact) mass is 321 g/mol. The van der Waals surface area contributed by atoms with Gasteiger partial charge in [0.1, 0.15) is 11.9 Å². The molecule has 0 aliphatic carbocycles. The normalized spacial score (nSPS) is 14.2. The lowest BCUT2D eigenvalue weighted by Gasteiger charge is -2.25. The standard InChI is InChI=1S/C14H18Cl2FNO2/c1-7(2)13(14(19)20-4)18-8(3)9-5-12(17)11(16)6-10(9)15/h5-8,13,18H,1-4H3/t8?,13-/m0/s1. The zero-order valence-corrected chi connectivity index (χ0v) is 13.3. The van der Waals surface area contributed by atoms with Gasteiger partial charge in [0, 0.05) is 11.1 Å². The van der Waals surface area contributed by atoms with Crippen LogP contribution in [0.1, 0.15) is 32.4 Å². The van der Waals surface area contributed by atoms with Crippen molar-refractivity contribution in [1.82, 2.24) is 5.32 Å². The molecule has 0 bridgehead atoms. The summed E-state index contributed by atoms with van der Waals surface area (Å²) in [4.78, 5) is 11.7. The van der Waals surface area contributed by atoms with Crippen molar-refractivity contribution in [3.05, 3.63) is 33.6 Å². The first-order valence-electron chi connectivity index (χ1n) is 6.26. The van der Waals surface area contributed by atoms with E-state index in [1.54, 1.807) is 6.92 Å². The van der Waals surface area contributed by atoms with Gasteiger partial charge in [0.25, 0.3) is 0 Å². The Hall–Kier alpha value is -0.840. The highest BCUT2D eigenvalue weighted by Crippen LogP contribution is 2.29. The molecule has 6 heteroatoms. The van der Waals surface area contributed by atoms with Crippen LogP contribution in [-0.4, -0.2) is 19.1 Å². The molecule has 0 amide bonds. The van der Waals surface area contributed by atoms with Gasteiger partial charge < -0.3 is 4.74 Å². The maximum Gasteiger partial charge on any atom is 0.323 e. The van der Waals surface area contributed by atoms with Gasteiger partial charge >= 0.3 is 5.97 Å². The Morgan fingerprint density at radius 1 is 1.25 bits per heavy atom. The van der Waals surface area contributed by atoms with Crippen LogP contribution in [0.5, 0.6) is 0 Å². The van der Waals surface area contributed by atoms with Gasteiger partial charge in [-0.05, 0) is 30.5 Å². The van der Waals surface area contributed by atoms with Crippen molar-refractivity contribution >= 4 is 29.2 Å². The molecule has 0 saturated heterocycles. The summed E-state index contributed by atoms with van der Waals surface area (Å²) in [7, 11) is 1.33. The molecule has 0 aliphatic heterocycles. The highest BCUT2D eigenvalue weighted by Gasteiger charge is 2.26. The van der Waals surface area contributed by atoms with Gasteiger partial charge in [-0.3, -0.25) is 10.1 Å². The number of halogens is 3. The van der Waals surface area contributed by atoms with Gasteiger partial charge in [-0.25, -0.2) is 4.39 Å². The molecule has 0 heterocycles. The van der Waals surface area contributed by atoms with E-state index in [0.717, 1.165) is 0 Å². The molecule has 1 aromatic rings. The number of carbonyl (C=O) groups excluding carboxylic acids is 1. The third-order valence-electron chi connectivity index (χ3n) is 3.06. The van der Waals surface area contributed by atoms with Crippen LogP contribution < -0.4 is 5.32 Å². The second-order valence-corrected chi connectivity index (χ2v) is 5.74. The average Bonchev–Trinajstić information content (AvgIpc) is 2.38. The van der Waals surface area contributed by atoms with Crippen LogP contribution in [0.4, 0.5) is 4.39 Å². The second-order valence-electron chi connectivity index (χ2n) is 4.92. The van der Waals surface area contributed by atoms with Crippen molar-refractivity contribution in [2.45, 2.75) is 32.9 Å². The van der Waals surface area contributed by atoms with Crippen LogP contribution in [-0.2, 0) is 9.53 Å². The van der Waals surface area contributed by atoms with E-state index in [9.17, 15) is 9.18 Å². The lowest BCUT2D eigenvalue weighted by molar-refractivity contribution is -0.144. The SMILES string of the molecule is COC(=O)[C@@H](NC(C)c1cc(F)c(Cl)cc1Cl)C(C)C.